The zero-order valence-corrected chi connectivity index (χ0v) is 23.8. The summed E-state index contributed by atoms with van der Waals surface area (Å²) in [4.78, 5) is 12.9. The zero-order chi connectivity index (χ0) is 28.7. The fourth-order valence-electron chi connectivity index (χ4n) is 4.68. The molecule has 0 saturated carbocycles. The van der Waals surface area contributed by atoms with E-state index in [9.17, 15) is 0 Å². The SMILES string of the molecule is Cc1cc(N=Nc2ccccc2)ccc1Nc1nc(Cl)nc(Nc2ccc(N=Nc3ccc4c(c3)CCCC4)cc2)n1. The quantitative estimate of drug-likeness (QED) is 0.179. The van der Waals surface area contributed by atoms with Gasteiger partial charge in [-0.15, -0.1) is 0 Å². The van der Waals surface area contributed by atoms with Crippen molar-refractivity contribution in [3.05, 3.63) is 113 Å². The average molecular weight is 574 g/mol. The van der Waals surface area contributed by atoms with Crippen molar-refractivity contribution in [2.24, 2.45) is 20.5 Å². The lowest BCUT2D eigenvalue weighted by Crippen LogP contribution is -2.04. The Kier molecular flexibility index (Phi) is 8.19. The summed E-state index contributed by atoms with van der Waals surface area (Å²) in [7, 11) is 0. The Bertz CT molecular complexity index is 1750. The van der Waals surface area contributed by atoms with E-state index in [1.165, 1.54) is 24.0 Å². The van der Waals surface area contributed by atoms with Gasteiger partial charge in [-0.25, -0.2) is 0 Å². The number of rotatable bonds is 8. The number of halogens is 1. The van der Waals surface area contributed by atoms with Crippen molar-refractivity contribution in [1.82, 2.24) is 15.0 Å². The number of hydrogen-bond donors (Lipinski definition) is 2. The third kappa shape index (κ3) is 7.00. The van der Waals surface area contributed by atoms with Gasteiger partial charge in [0.25, 0.3) is 0 Å². The first-order valence-corrected chi connectivity index (χ1v) is 14.1. The molecule has 0 saturated heterocycles. The van der Waals surface area contributed by atoms with Crippen LogP contribution >= 0.6 is 11.6 Å². The molecule has 0 unspecified atom stereocenters. The number of fused-ring (bicyclic) bond motifs is 1. The molecular weight excluding hydrogens is 546 g/mol. The van der Waals surface area contributed by atoms with Crippen LogP contribution in [0.5, 0.6) is 0 Å². The van der Waals surface area contributed by atoms with Crippen LogP contribution in [-0.4, -0.2) is 15.0 Å². The molecule has 0 fully saturated rings. The van der Waals surface area contributed by atoms with Gasteiger partial charge in [0.15, 0.2) is 0 Å². The maximum absolute atomic E-state index is 6.22. The lowest BCUT2D eigenvalue weighted by molar-refractivity contribution is 0.685. The zero-order valence-electron chi connectivity index (χ0n) is 23.0. The average Bonchev–Trinajstić information content (AvgIpc) is 3.01. The molecule has 0 amide bonds. The highest BCUT2D eigenvalue weighted by Gasteiger charge is 2.10. The van der Waals surface area contributed by atoms with E-state index in [1.807, 2.05) is 85.8 Å². The van der Waals surface area contributed by atoms with Gasteiger partial charge >= 0.3 is 0 Å². The summed E-state index contributed by atoms with van der Waals surface area (Å²) >= 11 is 6.22. The summed E-state index contributed by atoms with van der Waals surface area (Å²) in [6.07, 6.45) is 4.77. The second-order valence-corrected chi connectivity index (χ2v) is 10.3. The standard InChI is InChI=1S/C32H28ClN9/c1-21-19-27(41-39-25-9-3-2-4-10-25)17-18-29(21)35-32-37-30(33)36-31(38-32)34-24-13-15-26(16-14-24)40-42-28-12-11-22-7-5-6-8-23(22)20-28/h2-4,9-20H,5-8H2,1H3,(H2,34,35,36,37,38). The largest absolute Gasteiger partial charge is 0.324 e. The van der Waals surface area contributed by atoms with Gasteiger partial charge in [-0.05, 0) is 128 Å². The van der Waals surface area contributed by atoms with Crippen molar-refractivity contribution in [3.63, 3.8) is 0 Å². The van der Waals surface area contributed by atoms with Crippen LogP contribution in [0.2, 0.25) is 5.28 Å². The van der Waals surface area contributed by atoms with Gasteiger partial charge in [-0.1, -0.05) is 24.3 Å². The van der Waals surface area contributed by atoms with Gasteiger partial charge in [0.2, 0.25) is 17.2 Å². The molecule has 1 aromatic heterocycles. The first kappa shape index (κ1) is 27.2. The first-order valence-electron chi connectivity index (χ1n) is 13.7. The summed E-state index contributed by atoms with van der Waals surface area (Å²) in [6, 6.07) is 29.2. The Morgan fingerprint density at radius 1 is 0.595 bits per heavy atom. The summed E-state index contributed by atoms with van der Waals surface area (Å²) in [5.41, 5.74) is 8.52. The maximum atomic E-state index is 6.22. The Hall–Kier alpha value is -5.02. The smallest absolute Gasteiger partial charge is 0.233 e. The van der Waals surface area contributed by atoms with Crippen LogP contribution in [0.15, 0.2) is 111 Å². The van der Waals surface area contributed by atoms with Crippen molar-refractivity contribution >= 4 is 57.6 Å². The van der Waals surface area contributed by atoms with E-state index in [1.54, 1.807) is 0 Å². The minimum Gasteiger partial charge on any atom is -0.324 e. The van der Waals surface area contributed by atoms with E-state index in [-0.39, 0.29) is 5.28 Å². The number of nitrogens with zero attached hydrogens (tertiary/aromatic N) is 7. The second-order valence-electron chi connectivity index (χ2n) is 9.94. The molecule has 1 aliphatic carbocycles. The van der Waals surface area contributed by atoms with Crippen LogP contribution in [0.4, 0.5) is 46.0 Å². The summed E-state index contributed by atoms with van der Waals surface area (Å²) in [5.74, 6) is 0.626. The van der Waals surface area contributed by atoms with Crippen molar-refractivity contribution in [2.75, 3.05) is 10.6 Å². The van der Waals surface area contributed by atoms with Gasteiger partial charge < -0.3 is 10.6 Å². The minimum absolute atomic E-state index is 0.0661. The summed E-state index contributed by atoms with van der Waals surface area (Å²) < 4.78 is 0. The van der Waals surface area contributed by atoms with Gasteiger partial charge in [-0.2, -0.15) is 35.4 Å². The molecule has 4 aromatic carbocycles. The van der Waals surface area contributed by atoms with Gasteiger partial charge in [-0.3, -0.25) is 0 Å². The Balaban J connectivity index is 1.10. The first-order chi connectivity index (χ1) is 20.6. The molecule has 6 rings (SSSR count). The molecular formula is C32H28ClN9. The van der Waals surface area contributed by atoms with Gasteiger partial charge in [0.05, 0.1) is 22.7 Å². The number of hydrogen-bond acceptors (Lipinski definition) is 9. The van der Waals surface area contributed by atoms with E-state index in [0.29, 0.717) is 11.9 Å². The highest BCUT2D eigenvalue weighted by molar-refractivity contribution is 6.28. The van der Waals surface area contributed by atoms with Crippen LogP contribution in [0, 0.1) is 6.92 Å². The molecule has 2 N–H and O–H groups in total. The molecule has 1 heterocycles. The Morgan fingerprint density at radius 2 is 1.19 bits per heavy atom. The number of azo groups is 2. The molecule has 42 heavy (non-hydrogen) atoms. The number of aryl methyl sites for hydroxylation is 3. The number of benzene rings is 4. The Morgan fingerprint density at radius 3 is 1.93 bits per heavy atom. The molecule has 0 atom stereocenters. The predicted molar refractivity (Wildman–Crippen MR) is 167 cm³/mol. The monoisotopic (exact) mass is 573 g/mol. The normalized spacial score (nSPS) is 12.9. The van der Waals surface area contributed by atoms with E-state index in [0.717, 1.165) is 52.5 Å². The van der Waals surface area contributed by atoms with E-state index in [4.69, 9.17) is 11.6 Å². The third-order valence-electron chi connectivity index (χ3n) is 6.84. The molecule has 0 radical (unpaired) electrons. The van der Waals surface area contributed by atoms with Gasteiger partial charge in [0, 0.05) is 11.4 Å². The summed E-state index contributed by atoms with van der Waals surface area (Å²) in [6.45, 7) is 1.97. The minimum atomic E-state index is 0.0661. The molecule has 208 valence electrons. The van der Waals surface area contributed by atoms with Crippen LogP contribution < -0.4 is 10.6 Å². The molecule has 10 heteroatoms. The highest BCUT2D eigenvalue weighted by atomic mass is 35.5. The van der Waals surface area contributed by atoms with E-state index < -0.39 is 0 Å². The topological polar surface area (TPSA) is 112 Å². The molecule has 0 aliphatic heterocycles. The Labute approximate surface area is 248 Å². The fraction of sp³-hybridized carbons (Fsp3) is 0.156. The lowest BCUT2D eigenvalue weighted by atomic mass is 9.91. The third-order valence-corrected chi connectivity index (χ3v) is 7.01. The van der Waals surface area contributed by atoms with Crippen molar-refractivity contribution in [3.8, 4) is 0 Å². The van der Waals surface area contributed by atoms with Gasteiger partial charge in [0.1, 0.15) is 0 Å². The van der Waals surface area contributed by atoms with Crippen LogP contribution in [0.3, 0.4) is 0 Å². The number of anilines is 4. The van der Waals surface area contributed by atoms with E-state index in [2.05, 4.69) is 58.2 Å². The molecule has 0 bridgehead atoms. The molecule has 1 aliphatic rings. The lowest BCUT2D eigenvalue weighted by Gasteiger charge is -2.15. The van der Waals surface area contributed by atoms with Crippen LogP contribution in [0.25, 0.3) is 0 Å². The highest BCUT2D eigenvalue weighted by Crippen LogP contribution is 2.29. The van der Waals surface area contributed by atoms with Crippen molar-refractivity contribution < 1.29 is 0 Å². The summed E-state index contributed by atoms with van der Waals surface area (Å²) in [5, 5.41) is 23.9. The molecule has 9 nitrogen and oxygen atoms in total. The maximum Gasteiger partial charge on any atom is 0.233 e. The molecule has 0 spiro atoms. The fourth-order valence-corrected chi connectivity index (χ4v) is 4.84. The van der Waals surface area contributed by atoms with Crippen LogP contribution in [0.1, 0.15) is 29.5 Å². The molecule has 5 aromatic rings. The number of aromatic nitrogens is 3. The number of nitrogens with one attached hydrogen (secondary N) is 2. The van der Waals surface area contributed by atoms with E-state index >= 15 is 0 Å². The van der Waals surface area contributed by atoms with Crippen molar-refractivity contribution in [2.45, 2.75) is 32.6 Å². The van der Waals surface area contributed by atoms with Crippen molar-refractivity contribution in [1.29, 1.82) is 0 Å². The van der Waals surface area contributed by atoms with Crippen LogP contribution in [-0.2, 0) is 12.8 Å². The predicted octanol–water partition coefficient (Wildman–Crippen LogP) is 10.0. The second kappa shape index (κ2) is 12.7.